The predicted molar refractivity (Wildman–Crippen MR) is 144 cm³/mol. The summed E-state index contributed by atoms with van der Waals surface area (Å²) < 4.78 is 0.466. The average molecular weight is 559 g/mol. The SMILES string of the molecule is O=C(N/N=C/c1c(O)c(Br)cc2ccccc12)C(=Cc1ccc([N+](=O)[O-])cc1)NC(=O)c1ccccc1. The van der Waals surface area contributed by atoms with Gasteiger partial charge in [-0.15, -0.1) is 0 Å². The summed E-state index contributed by atoms with van der Waals surface area (Å²) in [6.07, 6.45) is 2.68. The van der Waals surface area contributed by atoms with Gasteiger partial charge < -0.3 is 10.4 Å². The summed E-state index contributed by atoms with van der Waals surface area (Å²) in [6.45, 7) is 0. The molecule has 37 heavy (non-hydrogen) atoms. The average Bonchev–Trinajstić information content (AvgIpc) is 2.91. The Morgan fingerprint density at radius 1 is 0.973 bits per heavy atom. The van der Waals surface area contributed by atoms with Gasteiger partial charge in [0.1, 0.15) is 11.4 Å². The number of hydrogen-bond donors (Lipinski definition) is 3. The molecule has 4 aromatic rings. The molecular formula is C27H19BrN4O5. The smallest absolute Gasteiger partial charge is 0.287 e. The number of hydrazone groups is 1. The van der Waals surface area contributed by atoms with Crippen LogP contribution >= 0.6 is 15.9 Å². The number of phenols is 1. The standard InChI is InChI=1S/C27H19BrN4O5/c28-23-15-19-8-4-5-9-21(19)22(25(23)33)16-29-31-27(35)24(30-26(34)18-6-2-1-3-7-18)14-17-10-12-20(13-11-17)32(36)37/h1-16,33H,(H,30,34)(H,31,35)/b24-14?,29-16+. The zero-order valence-corrected chi connectivity index (χ0v) is 20.7. The first kappa shape index (κ1) is 25.3. The molecule has 4 rings (SSSR count). The number of nitrogens with zero attached hydrogens (tertiary/aromatic N) is 2. The highest BCUT2D eigenvalue weighted by Crippen LogP contribution is 2.33. The zero-order valence-electron chi connectivity index (χ0n) is 19.1. The van der Waals surface area contributed by atoms with Gasteiger partial charge in [-0.05, 0) is 68.7 Å². The van der Waals surface area contributed by atoms with Crippen LogP contribution in [0.2, 0.25) is 0 Å². The molecule has 0 spiro atoms. The Morgan fingerprint density at radius 2 is 1.65 bits per heavy atom. The predicted octanol–water partition coefficient (Wildman–Crippen LogP) is 5.14. The van der Waals surface area contributed by atoms with Crippen molar-refractivity contribution < 1.29 is 19.6 Å². The number of benzene rings is 4. The Bertz CT molecular complexity index is 1550. The van der Waals surface area contributed by atoms with Gasteiger partial charge in [0, 0.05) is 23.3 Å². The van der Waals surface area contributed by atoms with Crippen LogP contribution in [0.25, 0.3) is 16.8 Å². The summed E-state index contributed by atoms with van der Waals surface area (Å²) in [4.78, 5) is 36.1. The van der Waals surface area contributed by atoms with Crippen LogP contribution in [0.3, 0.4) is 0 Å². The summed E-state index contributed by atoms with van der Waals surface area (Å²) in [7, 11) is 0. The molecule has 184 valence electrons. The second-order valence-corrected chi connectivity index (χ2v) is 8.62. The summed E-state index contributed by atoms with van der Waals surface area (Å²) in [6, 6.07) is 22.9. The molecule has 0 heterocycles. The van der Waals surface area contributed by atoms with Crippen molar-refractivity contribution in [1.29, 1.82) is 0 Å². The van der Waals surface area contributed by atoms with Crippen molar-refractivity contribution in [3.8, 4) is 5.75 Å². The van der Waals surface area contributed by atoms with Gasteiger partial charge >= 0.3 is 0 Å². The van der Waals surface area contributed by atoms with E-state index in [1.54, 1.807) is 36.4 Å². The number of rotatable bonds is 7. The summed E-state index contributed by atoms with van der Waals surface area (Å²) in [5.74, 6) is -1.31. The largest absolute Gasteiger partial charge is 0.506 e. The van der Waals surface area contributed by atoms with Crippen LogP contribution in [0.15, 0.2) is 100 Å². The van der Waals surface area contributed by atoms with Gasteiger partial charge in [-0.2, -0.15) is 5.10 Å². The molecule has 0 saturated carbocycles. The molecule has 0 unspecified atom stereocenters. The van der Waals surface area contributed by atoms with Crippen molar-refractivity contribution in [2.75, 3.05) is 0 Å². The maximum atomic E-state index is 13.0. The normalized spacial score (nSPS) is 11.4. The van der Waals surface area contributed by atoms with Gasteiger partial charge in [-0.1, -0.05) is 42.5 Å². The van der Waals surface area contributed by atoms with Crippen LogP contribution in [0.1, 0.15) is 21.5 Å². The van der Waals surface area contributed by atoms with E-state index in [4.69, 9.17) is 0 Å². The van der Waals surface area contributed by atoms with Crippen molar-refractivity contribution in [3.63, 3.8) is 0 Å². The number of nitrogens with one attached hydrogen (secondary N) is 2. The molecule has 0 aliphatic rings. The molecule has 2 amide bonds. The highest BCUT2D eigenvalue weighted by molar-refractivity contribution is 9.10. The minimum atomic E-state index is -0.738. The van der Waals surface area contributed by atoms with Crippen LogP contribution in [-0.4, -0.2) is 28.1 Å². The third-order valence-corrected chi connectivity index (χ3v) is 5.92. The molecule has 0 radical (unpaired) electrons. The number of carbonyl (C=O) groups is 2. The number of hydrogen-bond acceptors (Lipinski definition) is 6. The molecule has 0 aliphatic carbocycles. The van der Waals surface area contributed by atoms with Crippen LogP contribution < -0.4 is 10.7 Å². The van der Waals surface area contributed by atoms with Gasteiger partial charge in [-0.3, -0.25) is 19.7 Å². The van der Waals surface area contributed by atoms with E-state index < -0.39 is 16.7 Å². The molecule has 0 aliphatic heterocycles. The number of aromatic hydroxyl groups is 1. The Hall–Kier alpha value is -4.83. The van der Waals surface area contributed by atoms with E-state index in [2.05, 4.69) is 31.8 Å². The molecule has 0 fully saturated rings. The van der Waals surface area contributed by atoms with Crippen molar-refractivity contribution in [2.24, 2.45) is 5.10 Å². The highest BCUT2D eigenvalue weighted by atomic mass is 79.9. The summed E-state index contributed by atoms with van der Waals surface area (Å²) in [5, 5.41) is 29.6. The maximum absolute atomic E-state index is 13.0. The second kappa shape index (κ2) is 11.3. The van der Waals surface area contributed by atoms with Crippen LogP contribution in [0, 0.1) is 10.1 Å². The number of halogens is 1. The molecule has 0 aromatic heterocycles. The third-order valence-electron chi connectivity index (χ3n) is 5.32. The summed E-state index contributed by atoms with van der Waals surface area (Å²) >= 11 is 3.31. The molecule has 3 N–H and O–H groups in total. The van der Waals surface area contributed by atoms with E-state index in [0.29, 0.717) is 21.2 Å². The first-order chi connectivity index (χ1) is 17.8. The number of carbonyl (C=O) groups excluding carboxylic acids is 2. The van der Waals surface area contributed by atoms with Crippen molar-refractivity contribution in [2.45, 2.75) is 0 Å². The monoisotopic (exact) mass is 558 g/mol. The first-order valence-corrected chi connectivity index (χ1v) is 11.7. The summed E-state index contributed by atoms with van der Waals surface area (Å²) in [5.41, 5.74) is 3.29. The van der Waals surface area contributed by atoms with Gasteiger partial charge in [0.2, 0.25) is 0 Å². The first-order valence-electron chi connectivity index (χ1n) is 10.9. The number of nitro groups is 1. The van der Waals surface area contributed by atoms with Crippen LogP contribution in [0.4, 0.5) is 5.69 Å². The van der Waals surface area contributed by atoms with Gasteiger partial charge in [0.25, 0.3) is 17.5 Å². The van der Waals surface area contributed by atoms with E-state index in [1.807, 2.05) is 24.3 Å². The maximum Gasteiger partial charge on any atom is 0.287 e. The van der Waals surface area contributed by atoms with Gasteiger partial charge in [0.15, 0.2) is 0 Å². The fourth-order valence-electron chi connectivity index (χ4n) is 3.48. The second-order valence-electron chi connectivity index (χ2n) is 7.77. The Kier molecular flexibility index (Phi) is 7.70. The lowest BCUT2D eigenvalue weighted by molar-refractivity contribution is -0.384. The Balaban J connectivity index is 1.62. The Morgan fingerprint density at radius 3 is 2.35 bits per heavy atom. The van der Waals surface area contributed by atoms with Crippen LogP contribution in [-0.2, 0) is 4.79 Å². The van der Waals surface area contributed by atoms with Crippen molar-refractivity contribution in [3.05, 3.63) is 122 Å². The van der Waals surface area contributed by atoms with E-state index in [1.165, 1.54) is 36.6 Å². The van der Waals surface area contributed by atoms with Crippen molar-refractivity contribution >= 4 is 56.5 Å². The quantitative estimate of drug-likeness (QED) is 0.125. The number of fused-ring (bicyclic) bond motifs is 1. The van der Waals surface area contributed by atoms with Crippen molar-refractivity contribution in [1.82, 2.24) is 10.7 Å². The molecule has 0 atom stereocenters. The lowest BCUT2D eigenvalue weighted by Crippen LogP contribution is -2.32. The Labute approximate surface area is 219 Å². The minimum absolute atomic E-state index is 0.0456. The van der Waals surface area contributed by atoms with E-state index in [9.17, 15) is 24.8 Å². The topological polar surface area (TPSA) is 134 Å². The number of amides is 2. The third kappa shape index (κ3) is 6.06. The fourth-order valence-corrected chi connectivity index (χ4v) is 3.94. The van der Waals surface area contributed by atoms with Gasteiger partial charge in [-0.25, -0.2) is 5.43 Å². The molecule has 9 nitrogen and oxygen atoms in total. The van der Waals surface area contributed by atoms with Gasteiger partial charge in [0.05, 0.1) is 15.6 Å². The molecule has 4 aromatic carbocycles. The number of non-ortho nitro benzene ring substituents is 1. The number of phenolic OH excluding ortho intramolecular Hbond substituents is 1. The van der Waals surface area contributed by atoms with E-state index >= 15 is 0 Å². The lowest BCUT2D eigenvalue weighted by Gasteiger charge is -2.10. The molecule has 0 saturated heterocycles. The van der Waals surface area contributed by atoms with E-state index in [-0.39, 0.29) is 17.1 Å². The lowest BCUT2D eigenvalue weighted by atomic mass is 10.0. The van der Waals surface area contributed by atoms with E-state index in [0.717, 1.165) is 10.8 Å². The fraction of sp³-hybridized carbons (Fsp3) is 0. The molecule has 10 heteroatoms. The molecular weight excluding hydrogens is 540 g/mol. The number of nitro benzene ring substituents is 1. The highest BCUT2D eigenvalue weighted by Gasteiger charge is 2.15. The molecule has 0 bridgehead atoms. The minimum Gasteiger partial charge on any atom is -0.506 e. The van der Waals surface area contributed by atoms with Crippen LogP contribution in [0.5, 0.6) is 5.75 Å². The zero-order chi connectivity index (χ0) is 26.4.